The number of nitrogens with two attached hydrogens (primary N) is 1. The van der Waals surface area contributed by atoms with Crippen molar-refractivity contribution in [2.24, 2.45) is 0 Å². The predicted octanol–water partition coefficient (Wildman–Crippen LogP) is 4.36. The van der Waals surface area contributed by atoms with Crippen molar-refractivity contribution in [3.63, 3.8) is 0 Å². The number of carbonyl (C=O) groups excluding carboxylic acids is 2. The average Bonchev–Trinajstić information content (AvgIpc) is 2.77. The summed E-state index contributed by atoms with van der Waals surface area (Å²) in [7, 11) is -3.75. The molecule has 0 aliphatic heterocycles. The third kappa shape index (κ3) is 3.61. The SMILES string of the molecule is CCCCS(=O)(=O)c1cc(Nc2ccccc2)c2c(c1N)C(=O)c1ccccc1C2=O. The van der Waals surface area contributed by atoms with Crippen LogP contribution in [0.1, 0.15) is 51.6 Å². The number of fused-ring (bicyclic) bond motifs is 2. The van der Waals surface area contributed by atoms with Crippen LogP contribution in [0.25, 0.3) is 0 Å². The molecule has 1 aliphatic carbocycles. The molecule has 3 N–H and O–H groups in total. The second kappa shape index (κ2) is 8.00. The number of hydrogen-bond acceptors (Lipinski definition) is 6. The van der Waals surface area contributed by atoms with E-state index < -0.39 is 15.6 Å². The Labute approximate surface area is 181 Å². The molecule has 0 saturated heterocycles. The van der Waals surface area contributed by atoms with Gasteiger partial charge in [0, 0.05) is 16.8 Å². The number of para-hydroxylation sites is 1. The number of nitrogen functional groups attached to an aromatic ring is 1. The van der Waals surface area contributed by atoms with Crippen LogP contribution in [0.3, 0.4) is 0 Å². The molecule has 0 spiro atoms. The highest BCUT2D eigenvalue weighted by Crippen LogP contribution is 2.40. The van der Waals surface area contributed by atoms with Crippen LogP contribution < -0.4 is 11.1 Å². The first-order chi connectivity index (χ1) is 14.8. The summed E-state index contributed by atoms with van der Waals surface area (Å²) in [6, 6.07) is 16.9. The zero-order chi connectivity index (χ0) is 22.2. The number of anilines is 3. The van der Waals surface area contributed by atoms with Gasteiger partial charge in [-0.3, -0.25) is 9.59 Å². The Morgan fingerprint density at radius 2 is 1.45 bits per heavy atom. The number of ketones is 2. The summed E-state index contributed by atoms with van der Waals surface area (Å²) >= 11 is 0. The summed E-state index contributed by atoms with van der Waals surface area (Å²) in [6.07, 6.45) is 1.17. The van der Waals surface area contributed by atoms with Crippen molar-refractivity contribution >= 4 is 38.5 Å². The number of unbranched alkanes of at least 4 members (excludes halogenated alkanes) is 1. The lowest BCUT2D eigenvalue weighted by Crippen LogP contribution is -2.25. The molecule has 0 heterocycles. The molecule has 0 aromatic heterocycles. The summed E-state index contributed by atoms with van der Waals surface area (Å²) < 4.78 is 26.1. The Kier molecular flexibility index (Phi) is 5.37. The fourth-order valence-electron chi connectivity index (χ4n) is 3.77. The van der Waals surface area contributed by atoms with Crippen molar-refractivity contribution in [1.82, 2.24) is 0 Å². The Morgan fingerprint density at radius 1 is 0.871 bits per heavy atom. The topological polar surface area (TPSA) is 106 Å². The molecule has 31 heavy (non-hydrogen) atoms. The van der Waals surface area contributed by atoms with Crippen molar-refractivity contribution in [3.05, 3.63) is 82.9 Å². The number of carbonyl (C=O) groups is 2. The lowest BCUT2D eigenvalue weighted by Gasteiger charge is -2.24. The molecule has 0 unspecified atom stereocenters. The van der Waals surface area contributed by atoms with Gasteiger partial charge in [0.15, 0.2) is 21.4 Å². The molecule has 0 saturated carbocycles. The maximum atomic E-state index is 13.4. The van der Waals surface area contributed by atoms with Crippen LogP contribution in [0.2, 0.25) is 0 Å². The first-order valence-electron chi connectivity index (χ1n) is 10.0. The molecule has 158 valence electrons. The van der Waals surface area contributed by atoms with Crippen LogP contribution in [-0.4, -0.2) is 25.7 Å². The molecule has 3 aromatic carbocycles. The third-order valence-electron chi connectivity index (χ3n) is 5.35. The quantitative estimate of drug-likeness (QED) is 0.437. The molecule has 0 radical (unpaired) electrons. The summed E-state index contributed by atoms with van der Waals surface area (Å²) in [5.41, 5.74) is 7.53. The van der Waals surface area contributed by atoms with Crippen molar-refractivity contribution in [2.45, 2.75) is 24.7 Å². The molecule has 0 amide bonds. The van der Waals surface area contributed by atoms with Crippen LogP contribution in [0.4, 0.5) is 17.1 Å². The van der Waals surface area contributed by atoms with Crippen LogP contribution in [0.5, 0.6) is 0 Å². The summed E-state index contributed by atoms with van der Waals surface area (Å²) in [4.78, 5) is 26.5. The van der Waals surface area contributed by atoms with E-state index in [2.05, 4.69) is 5.32 Å². The molecule has 0 fully saturated rings. The van der Waals surface area contributed by atoms with Gasteiger partial charge in [0.05, 0.1) is 33.2 Å². The monoisotopic (exact) mass is 434 g/mol. The highest BCUT2D eigenvalue weighted by Gasteiger charge is 2.36. The van der Waals surface area contributed by atoms with Gasteiger partial charge in [0.25, 0.3) is 0 Å². The van der Waals surface area contributed by atoms with E-state index in [9.17, 15) is 18.0 Å². The van der Waals surface area contributed by atoms with Gasteiger partial charge in [-0.2, -0.15) is 0 Å². The van der Waals surface area contributed by atoms with Crippen molar-refractivity contribution in [2.75, 3.05) is 16.8 Å². The second-order valence-electron chi connectivity index (χ2n) is 7.45. The molecule has 4 rings (SSSR count). The minimum atomic E-state index is -3.75. The molecule has 1 aliphatic rings. The highest BCUT2D eigenvalue weighted by atomic mass is 32.2. The minimum Gasteiger partial charge on any atom is -0.397 e. The molecule has 3 aromatic rings. The normalized spacial score (nSPS) is 12.9. The average molecular weight is 435 g/mol. The van der Waals surface area contributed by atoms with E-state index in [1.807, 2.05) is 25.1 Å². The largest absolute Gasteiger partial charge is 0.397 e. The molecule has 7 heteroatoms. The van der Waals surface area contributed by atoms with Crippen LogP contribution in [0, 0.1) is 0 Å². The number of rotatable bonds is 6. The van der Waals surface area contributed by atoms with E-state index in [0.29, 0.717) is 18.5 Å². The predicted molar refractivity (Wildman–Crippen MR) is 121 cm³/mol. The highest BCUT2D eigenvalue weighted by molar-refractivity contribution is 7.91. The number of nitrogens with one attached hydrogen (secondary N) is 1. The fraction of sp³-hybridized carbons (Fsp3) is 0.167. The summed E-state index contributed by atoms with van der Waals surface area (Å²) in [6.45, 7) is 1.90. The van der Waals surface area contributed by atoms with Gasteiger partial charge < -0.3 is 11.1 Å². The van der Waals surface area contributed by atoms with Gasteiger partial charge in [0.1, 0.15) is 0 Å². The smallest absolute Gasteiger partial charge is 0.196 e. The number of benzene rings is 3. The molecule has 0 atom stereocenters. The van der Waals surface area contributed by atoms with Crippen LogP contribution >= 0.6 is 0 Å². The fourth-order valence-corrected chi connectivity index (χ4v) is 5.39. The van der Waals surface area contributed by atoms with Crippen molar-refractivity contribution in [1.29, 1.82) is 0 Å². The van der Waals surface area contributed by atoms with Gasteiger partial charge in [-0.15, -0.1) is 0 Å². The van der Waals surface area contributed by atoms with Gasteiger partial charge in [-0.25, -0.2) is 8.42 Å². The van der Waals surface area contributed by atoms with Crippen molar-refractivity contribution in [3.8, 4) is 0 Å². The van der Waals surface area contributed by atoms with E-state index in [1.54, 1.807) is 36.4 Å². The van der Waals surface area contributed by atoms with E-state index in [1.165, 1.54) is 6.07 Å². The maximum Gasteiger partial charge on any atom is 0.196 e. The first kappa shape index (κ1) is 20.8. The lowest BCUT2D eigenvalue weighted by molar-refractivity contribution is 0.0980. The third-order valence-corrected chi connectivity index (χ3v) is 7.19. The van der Waals surface area contributed by atoms with Gasteiger partial charge in [-0.1, -0.05) is 55.8 Å². The van der Waals surface area contributed by atoms with Gasteiger partial charge >= 0.3 is 0 Å². The van der Waals surface area contributed by atoms with Crippen LogP contribution in [-0.2, 0) is 9.84 Å². The lowest BCUT2D eigenvalue weighted by atomic mass is 9.82. The zero-order valence-corrected chi connectivity index (χ0v) is 17.8. The standard InChI is InChI=1S/C24H22N2O4S/c1-2-3-13-31(29,30)19-14-18(26-15-9-5-4-6-10-15)20-21(22(19)25)24(28)17-12-8-7-11-16(17)23(20)27/h4-12,14,26H,2-3,13,25H2,1H3. The number of sulfone groups is 1. The van der Waals surface area contributed by atoms with E-state index in [0.717, 1.165) is 0 Å². The van der Waals surface area contributed by atoms with Gasteiger partial charge in [-0.05, 0) is 24.6 Å². The summed E-state index contributed by atoms with van der Waals surface area (Å²) in [5, 5.41) is 3.12. The van der Waals surface area contributed by atoms with E-state index in [4.69, 9.17) is 5.73 Å². The van der Waals surface area contributed by atoms with E-state index in [-0.39, 0.29) is 50.1 Å². The first-order valence-corrected chi connectivity index (χ1v) is 11.7. The summed E-state index contributed by atoms with van der Waals surface area (Å²) in [5.74, 6) is -0.908. The second-order valence-corrected chi connectivity index (χ2v) is 9.53. The zero-order valence-electron chi connectivity index (χ0n) is 17.0. The Morgan fingerprint density at radius 3 is 2.06 bits per heavy atom. The molecular formula is C24H22N2O4S. The van der Waals surface area contributed by atoms with E-state index >= 15 is 0 Å². The maximum absolute atomic E-state index is 13.4. The van der Waals surface area contributed by atoms with Gasteiger partial charge in [0.2, 0.25) is 0 Å². The van der Waals surface area contributed by atoms with Crippen LogP contribution in [0.15, 0.2) is 65.6 Å². The minimum absolute atomic E-state index is 0.0558. The Bertz CT molecular complexity index is 1300. The molecular weight excluding hydrogens is 412 g/mol. The van der Waals surface area contributed by atoms with Crippen molar-refractivity contribution < 1.29 is 18.0 Å². The molecule has 6 nitrogen and oxygen atoms in total. The number of hydrogen-bond donors (Lipinski definition) is 2. The molecule has 0 bridgehead atoms. The Hall–Kier alpha value is -3.45. The Balaban J connectivity index is 1.99.